The monoisotopic (exact) mass is 305 g/mol. The van der Waals surface area contributed by atoms with E-state index >= 15 is 0 Å². The maximum Gasteiger partial charge on any atom is 0.331 e. The second-order valence-electron chi connectivity index (χ2n) is 4.30. The van der Waals surface area contributed by atoms with E-state index in [2.05, 4.69) is 20.6 Å². The number of nitrogens with one attached hydrogen (secondary N) is 2. The van der Waals surface area contributed by atoms with Gasteiger partial charge in [-0.25, -0.2) is 4.79 Å². The highest BCUT2D eigenvalue weighted by Gasteiger charge is 2.27. The van der Waals surface area contributed by atoms with Crippen molar-refractivity contribution < 1.29 is 14.3 Å². The van der Waals surface area contributed by atoms with Gasteiger partial charge in [0.2, 0.25) is 0 Å². The molecule has 1 fully saturated rings. The van der Waals surface area contributed by atoms with Crippen molar-refractivity contribution in [1.29, 1.82) is 0 Å². The molecule has 0 bridgehead atoms. The van der Waals surface area contributed by atoms with E-state index < -0.39 is 11.5 Å². The van der Waals surface area contributed by atoms with Gasteiger partial charge in [-0.05, 0) is 12.5 Å². The molecule has 0 radical (unpaired) electrons. The molecule has 2 rings (SSSR count). The van der Waals surface area contributed by atoms with Gasteiger partial charge in [0, 0.05) is 6.08 Å². The van der Waals surface area contributed by atoms with Gasteiger partial charge in [-0.15, -0.1) is 0 Å². The van der Waals surface area contributed by atoms with Gasteiger partial charge in [-0.2, -0.15) is 5.10 Å². The van der Waals surface area contributed by atoms with Crippen LogP contribution in [0.3, 0.4) is 0 Å². The summed E-state index contributed by atoms with van der Waals surface area (Å²) in [4.78, 5) is 23.0. The second-order valence-corrected chi connectivity index (χ2v) is 5.45. The average Bonchev–Trinajstić information content (AvgIpc) is 2.81. The Kier molecular flexibility index (Phi) is 4.99. The van der Waals surface area contributed by atoms with Crippen LogP contribution < -0.4 is 10.7 Å². The Bertz CT molecular complexity index is 596. The standard InChI is InChI=1S/C14H15N3O3S/c1-9-3-5-10(6-4-9)8-15-17-14-16-13(19)11(21-14)7-12(18)20-2/h3-8,14,17H,1-2H3,(H,16,19)/b11-7-,15-8+. The average molecular weight is 305 g/mol. The molecule has 1 heterocycles. The molecule has 1 aliphatic heterocycles. The molecular formula is C14H15N3O3S. The summed E-state index contributed by atoms with van der Waals surface area (Å²) in [6.45, 7) is 2.01. The highest BCUT2D eigenvalue weighted by atomic mass is 32.2. The minimum atomic E-state index is -0.559. The number of hydrogen-bond acceptors (Lipinski definition) is 6. The maximum absolute atomic E-state index is 11.6. The Morgan fingerprint density at radius 3 is 2.81 bits per heavy atom. The fourth-order valence-corrected chi connectivity index (χ4v) is 2.42. The lowest BCUT2D eigenvalue weighted by atomic mass is 10.2. The van der Waals surface area contributed by atoms with Crippen molar-refractivity contribution >= 4 is 29.9 Å². The summed E-state index contributed by atoms with van der Waals surface area (Å²) < 4.78 is 4.49. The van der Waals surface area contributed by atoms with E-state index in [9.17, 15) is 9.59 Å². The minimum Gasteiger partial charge on any atom is -0.466 e. The number of methoxy groups -OCH3 is 1. The molecule has 1 aromatic rings. The van der Waals surface area contributed by atoms with Crippen LogP contribution in [0.2, 0.25) is 0 Å². The molecule has 1 atom stereocenters. The van der Waals surface area contributed by atoms with Gasteiger partial charge < -0.3 is 10.1 Å². The molecule has 0 saturated carbocycles. The number of carbonyl (C=O) groups excluding carboxylic acids is 2. The molecule has 110 valence electrons. The number of benzene rings is 1. The van der Waals surface area contributed by atoms with Gasteiger partial charge in [-0.1, -0.05) is 41.6 Å². The first-order valence-electron chi connectivity index (χ1n) is 6.21. The summed E-state index contributed by atoms with van der Waals surface area (Å²) in [6.07, 6.45) is 2.82. The van der Waals surface area contributed by atoms with Gasteiger partial charge in [0.15, 0.2) is 5.50 Å². The Labute approximate surface area is 126 Å². The van der Waals surface area contributed by atoms with Crippen LogP contribution in [0.5, 0.6) is 0 Å². The Hall–Kier alpha value is -2.28. The smallest absolute Gasteiger partial charge is 0.331 e. The number of esters is 1. The first-order valence-corrected chi connectivity index (χ1v) is 7.09. The number of hydrazone groups is 1. The van der Waals surface area contributed by atoms with E-state index in [0.29, 0.717) is 4.91 Å². The number of nitrogens with zero attached hydrogens (tertiary/aromatic N) is 1. The van der Waals surface area contributed by atoms with Gasteiger partial charge in [-0.3, -0.25) is 10.2 Å². The van der Waals surface area contributed by atoms with Crippen LogP contribution in [-0.4, -0.2) is 30.7 Å². The van der Waals surface area contributed by atoms with E-state index in [-0.39, 0.29) is 5.91 Å². The SMILES string of the molecule is COC(=O)/C=C1\SC(N/N=C/c2ccc(C)cc2)NC1=O. The topological polar surface area (TPSA) is 79.8 Å². The maximum atomic E-state index is 11.6. The quantitative estimate of drug-likeness (QED) is 0.377. The summed E-state index contributed by atoms with van der Waals surface area (Å²) in [5, 5.41) is 6.72. The molecular weight excluding hydrogens is 290 g/mol. The van der Waals surface area contributed by atoms with Crippen LogP contribution in [0.25, 0.3) is 0 Å². The van der Waals surface area contributed by atoms with E-state index in [1.54, 1.807) is 6.21 Å². The minimum absolute atomic E-state index is 0.296. The van der Waals surface area contributed by atoms with E-state index in [1.807, 2.05) is 31.2 Å². The first-order chi connectivity index (χ1) is 10.1. The molecule has 1 amide bonds. The fourth-order valence-electron chi connectivity index (χ4n) is 1.56. The predicted molar refractivity (Wildman–Crippen MR) is 81.5 cm³/mol. The molecule has 0 spiro atoms. The molecule has 1 saturated heterocycles. The number of hydrogen-bond donors (Lipinski definition) is 2. The molecule has 1 aliphatic rings. The second kappa shape index (κ2) is 6.94. The molecule has 7 heteroatoms. The third kappa shape index (κ3) is 4.35. The van der Waals surface area contributed by atoms with Crippen LogP contribution in [0.15, 0.2) is 40.3 Å². The summed E-state index contributed by atoms with van der Waals surface area (Å²) in [6, 6.07) is 7.88. The van der Waals surface area contributed by atoms with Gasteiger partial charge in [0.1, 0.15) is 0 Å². The first kappa shape index (κ1) is 15.1. The van der Waals surface area contributed by atoms with Crippen molar-refractivity contribution in [3.63, 3.8) is 0 Å². The molecule has 1 aromatic carbocycles. The van der Waals surface area contributed by atoms with Crippen molar-refractivity contribution in [2.75, 3.05) is 7.11 Å². The molecule has 0 aliphatic carbocycles. The summed E-state index contributed by atoms with van der Waals surface area (Å²) in [5.41, 5.74) is 4.53. The van der Waals surface area contributed by atoms with Crippen LogP contribution in [0.1, 0.15) is 11.1 Å². The normalized spacial score (nSPS) is 19.8. The Morgan fingerprint density at radius 1 is 1.43 bits per heavy atom. The number of carbonyl (C=O) groups is 2. The summed E-state index contributed by atoms with van der Waals surface area (Å²) >= 11 is 1.17. The zero-order valence-corrected chi connectivity index (χ0v) is 12.4. The zero-order chi connectivity index (χ0) is 15.2. The van der Waals surface area contributed by atoms with Crippen LogP contribution >= 0.6 is 11.8 Å². The van der Waals surface area contributed by atoms with Crippen molar-refractivity contribution in [3.8, 4) is 0 Å². The molecule has 1 unspecified atom stereocenters. The number of rotatable bonds is 4. The van der Waals surface area contributed by atoms with E-state index in [0.717, 1.165) is 11.6 Å². The lowest BCUT2D eigenvalue weighted by molar-refractivity contribution is -0.135. The van der Waals surface area contributed by atoms with Crippen LogP contribution in [0.4, 0.5) is 0 Å². The highest BCUT2D eigenvalue weighted by Crippen LogP contribution is 2.25. The van der Waals surface area contributed by atoms with Crippen LogP contribution in [0, 0.1) is 6.92 Å². The molecule has 6 nitrogen and oxygen atoms in total. The third-order valence-electron chi connectivity index (χ3n) is 2.66. The zero-order valence-electron chi connectivity index (χ0n) is 11.6. The van der Waals surface area contributed by atoms with Crippen molar-refractivity contribution in [3.05, 3.63) is 46.4 Å². The summed E-state index contributed by atoms with van der Waals surface area (Å²) in [7, 11) is 1.26. The lowest BCUT2D eigenvalue weighted by Crippen LogP contribution is -2.34. The van der Waals surface area contributed by atoms with E-state index in [4.69, 9.17) is 0 Å². The fraction of sp³-hybridized carbons (Fsp3) is 0.214. The van der Waals surface area contributed by atoms with Gasteiger partial charge in [0.05, 0.1) is 18.2 Å². The number of aryl methyl sites for hydroxylation is 1. The number of amides is 1. The Morgan fingerprint density at radius 2 is 2.14 bits per heavy atom. The van der Waals surface area contributed by atoms with Gasteiger partial charge in [0.25, 0.3) is 5.91 Å². The van der Waals surface area contributed by atoms with E-state index in [1.165, 1.54) is 24.4 Å². The van der Waals surface area contributed by atoms with Crippen molar-refractivity contribution in [1.82, 2.24) is 10.7 Å². The Balaban J connectivity index is 1.90. The van der Waals surface area contributed by atoms with Crippen molar-refractivity contribution in [2.45, 2.75) is 12.4 Å². The third-order valence-corrected chi connectivity index (χ3v) is 3.68. The predicted octanol–water partition coefficient (Wildman–Crippen LogP) is 1.12. The molecule has 21 heavy (non-hydrogen) atoms. The van der Waals surface area contributed by atoms with Crippen molar-refractivity contribution in [2.24, 2.45) is 5.10 Å². The highest BCUT2D eigenvalue weighted by molar-refractivity contribution is 8.05. The largest absolute Gasteiger partial charge is 0.466 e. The molecule has 2 N–H and O–H groups in total. The molecule has 0 aromatic heterocycles. The van der Waals surface area contributed by atoms with Gasteiger partial charge >= 0.3 is 5.97 Å². The van der Waals surface area contributed by atoms with Crippen LogP contribution in [-0.2, 0) is 14.3 Å². The lowest BCUT2D eigenvalue weighted by Gasteiger charge is -2.06. The summed E-state index contributed by atoms with van der Waals surface area (Å²) in [5.74, 6) is -0.884. The number of ether oxygens (including phenoxy) is 1. The number of thioether (sulfide) groups is 1.